The second-order valence-electron chi connectivity index (χ2n) is 4.90. The molecule has 2 aromatic rings. The maximum atomic E-state index is 12.2. The van der Waals surface area contributed by atoms with Crippen LogP contribution in [0.4, 0.5) is 5.69 Å². The number of hydrogen-bond donors (Lipinski definition) is 2. The lowest BCUT2D eigenvalue weighted by Crippen LogP contribution is -2.30. The SMILES string of the molecule is Cc1ccc(NC(=O)C(C)C(N)c2ccccc2)cn1.Cl. The summed E-state index contributed by atoms with van der Waals surface area (Å²) in [6, 6.07) is 13.0. The van der Waals surface area contributed by atoms with Gasteiger partial charge < -0.3 is 11.1 Å². The second kappa shape index (κ2) is 7.76. The summed E-state index contributed by atoms with van der Waals surface area (Å²) in [4.78, 5) is 16.3. The Hall–Kier alpha value is -1.91. The van der Waals surface area contributed by atoms with E-state index in [2.05, 4.69) is 10.3 Å². The molecule has 1 aromatic heterocycles. The molecule has 2 rings (SSSR count). The molecular weight excluding hydrogens is 286 g/mol. The second-order valence-corrected chi connectivity index (χ2v) is 4.90. The highest BCUT2D eigenvalue weighted by Crippen LogP contribution is 2.20. The molecule has 1 heterocycles. The molecule has 21 heavy (non-hydrogen) atoms. The number of benzene rings is 1. The summed E-state index contributed by atoms with van der Waals surface area (Å²) in [5, 5.41) is 2.84. The van der Waals surface area contributed by atoms with Gasteiger partial charge in [-0.25, -0.2) is 0 Å². The fourth-order valence-electron chi connectivity index (χ4n) is 1.92. The predicted molar refractivity (Wildman–Crippen MR) is 87.4 cm³/mol. The van der Waals surface area contributed by atoms with Gasteiger partial charge in [-0.2, -0.15) is 0 Å². The minimum Gasteiger partial charge on any atom is -0.324 e. The van der Waals surface area contributed by atoms with Gasteiger partial charge in [0.15, 0.2) is 0 Å². The van der Waals surface area contributed by atoms with Crippen LogP contribution in [0.15, 0.2) is 48.7 Å². The number of amides is 1. The van der Waals surface area contributed by atoms with Crippen LogP contribution in [0.1, 0.15) is 24.2 Å². The van der Waals surface area contributed by atoms with Gasteiger partial charge in [0.05, 0.1) is 17.8 Å². The van der Waals surface area contributed by atoms with Crippen molar-refractivity contribution in [2.24, 2.45) is 11.7 Å². The molecule has 0 saturated heterocycles. The zero-order valence-electron chi connectivity index (χ0n) is 12.1. The van der Waals surface area contributed by atoms with Gasteiger partial charge in [0.25, 0.3) is 0 Å². The van der Waals surface area contributed by atoms with E-state index in [-0.39, 0.29) is 30.3 Å². The molecule has 0 aliphatic carbocycles. The predicted octanol–water partition coefficient (Wildman–Crippen LogP) is 3.09. The molecule has 0 radical (unpaired) electrons. The number of halogens is 1. The van der Waals surface area contributed by atoms with Crippen molar-refractivity contribution in [3.63, 3.8) is 0 Å². The summed E-state index contributed by atoms with van der Waals surface area (Å²) in [6.45, 7) is 3.73. The summed E-state index contributed by atoms with van der Waals surface area (Å²) >= 11 is 0. The van der Waals surface area contributed by atoms with Crippen molar-refractivity contribution < 1.29 is 4.79 Å². The van der Waals surface area contributed by atoms with E-state index >= 15 is 0 Å². The van der Waals surface area contributed by atoms with Crippen LogP contribution in [0, 0.1) is 12.8 Å². The molecule has 1 aromatic carbocycles. The van der Waals surface area contributed by atoms with Crippen LogP contribution in [0.3, 0.4) is 0 Å². The Bertz CT molecular complexity index is 572. The van der Waals surface area contributed by atoms with Crippen LogP contribution < -0.4 is 11.1 Å². The van der Waals surface area contributed by atoms with E-state index in [1.807, 2.05) is 56.3 Å². The van der Waals surface area contributed by atoms with Crippen molar-refractivity contribution in [2.45, 2.75) is 19.9 Å². The standard InChI is InChI=1S/C16H19N3O.ClH/c1-11-8-9-14(10-18-11)19-16(20)12(2)15(17)13-6-4-3-5-7-13;/h3-10,12,15H,17H2,1-2H3,(H,19,20);1H. The number of aryl methyl sites for hydroxylation is 1. The molecule has 3 N–H and O–H groups in total. The number of aromatic nitrogens is 1. The van der Waals surface area contributed by atoms with Gasteiger partial charge in [-0.1, -0.05) is 37.3 Å². The number of carbonyl (C=O) groups is 1. The minimum atomic E-state index is -0.324. The molecule has 112 valence electrons. The lowest BCUT2D eigenvalue weighted by molar-refractivity contribution is -0.120. The molecule has 1 amide bonds. The Kier molecular flexibility index (Phi) is 6.34. The Morgan fingerprint density at radius 2 is 1.86 bits per heavy atom. The van der Waals surface area contributed by atoms with Gasteiger partial charge >= 0.3 is 0 Å². The molecule has 2 atom stereocenters. The van der Waals surface area contributed by atoms with E-state index in [9.17, 15) is 4.79 Å². The molecule has 0 spiro atoms. The van der Waals surface area contributed by atoms with Gasteiger partial charge in [-0.05, 0) is 24.6 Å². The number of pyridine rings is 1. The van der Waals surface area contributed by atoms with E-state index in [0.29, 0.717) is 5.69 Å². The number of nitrogens with two attached hydrogens (primary N) is 1. The van der Waals surface area contributed by atoms with Crippen LogP contribution in [0.2, 0.25) is 0 Å². The summed E-state index contributed by atoms with van der Waals surface area (Å²) in [5.74, 6) is -0.425. The van der Waals surface area contributed by atoms with Crippen molar-refractivity contribution in [1.29, 1.82) is 0 Å². The molecule has 2 unspecified atom stereocenters. The van der Waals surface area contributed by atoms with Crippen LogP contribution >= 0.6 is 12.4 Å². The number of nitrogens with one attached hydrogen (secondary N) is 1. The largest absolute Gasteiger partial charge is 0.324 e. The first-order chi connectivity index (χ1) is 9.58. The van der Waals surface area contributed by atoms with Gasteiger partial charge in [-0.3, -0.25) is 9.78 Å². The normalized spacial score (nSPS) is 12.9. The van der Waals surface area contributed by atoms with Crippen molar-refractivity contribution >= 4 is 24.0 Å². The topological polar surface area (TPSA) is 68.0 Å². The lowest BCUT2D eigenvalue weighted by atomic mass is 9.94. The highest BCUT2D eigenvalue weighted by atomic mass is 35.5. The van der Waals surface area contributed by atoms with Crippen LogP contribution in [-0.2, 0) is 4.79 Å². The molecule has 0 bridgehead atoms. The van der Waals surface area contributed by atoms with Crippen LogP contribution in [0.25, 0.3) is 0 Å². The molecule has 5 heteroatoms. The van der Waals surface area contributed by atoms with Gasteiger partial charge in [0.1, 0.15) is 0 Å². The molecule has 0 aliphatic heterocycles. The third kappa shape index (κ3) is 4.55. The number of anilines is 1. The summed E-state index contributed by atoms with van der Waals surface area (Å²) in [7, 11) is 0. The minimum absolute atomic E-state index is 0. The third-order valence-corrected chi connectivity index (χ3v) is 3.32. The van der Waals surface area contributed by atoms with Crippen LogP contribution in [-0.4, -0.2) is 10.9 Å². The Labute approximate surface area is 131 Å². The van der Waals surface area contributed by atoms with Crippen molar-refractivity contribution in [3.05, 3.63) is 59.9 Å². The van der Waals surface area contributed by atoms with Gasteiger partial charge in [-0.15, -0.1) is 12.4 Å². The molecular formula is C16H20ClN3O. The third-order valence-electron chi connectivity index (χ3n) is 3.32. The first-order valence-electron chi connectivity index (χ1n) is 6.62. The average molecular weight is 306 g/mol. The summed E-state index contributed by atoms with van der Waals surface area (Å²) in [6.07, 6.45) is 1.65. The number of rotatable bonds is 4. The Balaban J connectivity index is 0.00000220. The smallest absolute Gasteiger partial charge is 0.229 e. The fourth-order valence-corrected chi connectivity index (χ4v) is 1.92. The van der Waals surface area contributed by atoms with E-state index < -0.39 is 0 Å². The van der Waals surface area contributed by atoms with E-state index in [1.54, 1.807) is 6.20 Å². The van der Waals surface area contributed by atoms with E-state index in [1.165, 1.54) is 0 Å². The Morgan fingerprint density at radius 3 is 2.43 bits per heavy atom. The van der Waals surface area contributed by atoms with Crippen molar-refractivity contribution in [1.82, 2.24) is 4.98 Å². The fraction of sp³-hybridized carbons (Fsp3) is 0.250. The van der Waals surface area contributed by atoms with Gasteiger partial charge in [0.2, 0.25) is 5.91 Å². The first kappa shape index (κ1) is 17.1. The van der Waals surface area contributed by atoms with Crippen LogP contribution in [0.5, 0.6) is 0 Å². The quantitative estimate of drug-likeness (QED) is 0.912. The number of hydrogen-bond acceptors (Lipinski definition) is 3. The maximum Gasteiger partial charge on any atom is 0.229 e. The zero-order chi connectivity index (χ0) is 14.5. The van der Waals surface area contributed by atoms with E-state index in [4.69, 9.17) is 5.73 Å². The Morgan fingerprint density at radius 1 is 1.19 bits per heavy atom. The van der Waals surface area contributed by atoms with Crippen molar-refractivity contribution in [3.8, 4) is 0 Å². The highest BCUT2D eigenvalue weighted by molar-refractivity contribution is 5.92. The maximum absolute atomic E-state index is 12.2. The number of nitrogens with zero attached hydrogens (tertiary/aromatic N) is 1. The molecule has 0 aliphatic rings. The molecule has 0 saturated carbocycles. The van der Waals surface area contributed by atoms with Crippen molar-refractivity contribution in [2.75, 3.05) is 5.32 Å². The summed E-state index contributed by atoms with van der Waals surface area (Å²) < 4.78 is 0. The lowest BCUT2D eigenvalue weighted by Gasteiger charge is -2.19. The van der Waals surface area contributed by atoms with Gasteiger partial charge in [0, 0.05) is 11.7 Å². The molecule has 4 nitrogen and oxygen atoms in total. The summed E-state index contributed by atoms with van der Waals surface area (Å²) in [5.41, 5.74) is 8.70. The van der Waals surface area contributed by atoms with E-state index in [0.717, 1.165) is 11.3 Å². The number of carbonyl (C=O) groups excluding carboxylic acids is 1. The monoisotopic (exact) mass is 305 g/mol. The highest BCUT2D eigenvalue weighted by Gasteiger charge is 2.22. The first-order valence-corrected chi connectivity index (χ1v) is 6.62. The zero-order valence-corrected chi connectivity index (χ0v) is 12.9. The average Bonchev–Trinajstić information content (AvgIpc) is 2.49. The molecule has 0 fully saturated rings.